The molecular weight excluding hydrogens is 396 g/mol. The molecule has 0 fully saturated rings. The van der Waals surface area contributed by atoms with Gasteiger partial charge < -0.3 is 24.1 Å². The van der Waals surface area contributed by atoms with Gasteiger partial charge in [0.2, 0.25) is 5.43 Å². The number of ether oxygens (including phenoxy) is 2. The van der Waals surface area contributed by atoms with Crippen LogP contribution in [0.25, 0.3) is 28.2 Å². The van der Waals surface area contributed by atoms with Gasteiger partial charge in [-0.05, 0) is 57.5 Å². The molecular formula is C25H24O6. The predicted octanol–water partition coefficient (Wildman–Crippen LogP) is 4.42. The highest BCUT2D eigenvalue weighted by atomic mass is 16.5. The Hall–Kier alpha value is -3.25. The summed E-state index contributed by atoms with van der Waals surface area (Å²) in [7, 11) is 0. The Morgan fingerprint density at radius 2 is 1.84 bits per heavy atom. The first-order chi connectivity index (χ1) is 14.5. The van der Waals surface area contributed by atoms with Gasteiger partial charge in [-0.1, -0.05) is 12.1 Å². The minimum atomic E-state index is -1.10. The van der Waals surface area contributed by atoms with Crippen molar-refractivity contribution in [3.63, 3.8) is 0 Å². The van der Waals surface area contributed by atoms with Crippen molar-refractivity contribution in [1.82, 2.24) is 0 Å². The summed E-state index contributed by atoms with van der Waals surface area (Å²) in [5.41, 5.74) is 0.992. The molecule has 5 rings (SSSR count). The largest absolute Gasteiger partial charge is 0.508 e. The number of rotatable bonds is 2. The summed E-state index contributed by atoms with van der Waals surface area (Å²) in [5.74, 6) is 1.15. The average molecular weight is 420 g/mol. The number of hydrogen-bond donors (Lipinski definition) is 2. The second-order valence-corrected chi connectivity index (χ2v) is 9.28. The molecule has 0 amide bonds. The molecule has 0 saturated carbocycles. The van der Waals surface area contributed by atoms with Crippen molar-refractivity contribution >= 4 is 17.0 Å². The Kier molecular flexibility index (Phi) is 4.05. The molecule has 0 spiro atoms. The van der Waals surface area contributed by atoms with Gasteiger partial charge in [0, 0.05) is 12.0 Å². The minimum absolute atomic E-state index is 0.116. The molecule has 6 nitrogen and oxygen atoms in total. The maximum atomic E-state index is 13.6. The number of phenols is 1. The first-order valence-electron chi connectivity index (χ1n) is 10.3. The Morgan fingerprint density at radius 3 is 2.52 bits per heavy atom. The Balaban J connectivity index is 1.82. The smallest absolute Gasteiger partial charge is 0.204 e. The van der Waals surface area contributed by atoms with Crippen molar-refractivity contribution in [1.29, 1.82) is 0 Å². The van der Waals surface area contributed by atoms with Gasteiger partial charge in [0.05, 0.1) is 16.7 Å². The lowest BCUT2D eigenvalue weighted by molar-refractivity contribution is -0.0225. The third kappa shape index (κ3) is 3.10. The second-order valence-electron chi connectivity index (χ2n) is 9.28. The first-order valence-corrected chi connectivity index (χ1v) is 10.3. The Bertz CT molecular complexity index is 1290. The van der Waals surface area contributed by atoms with Crippen LogP contribution in [0.3, 0.4) is 0 Å². The fraction of sp³-hybridized carbons (Fsp3) is 0.320. The van der Waals surface area contributed by atoms with Crippen LogP contribution in [0.4, 0.5) is 0 Å². The van der Waals surface area contributed by atoms with Crippen molar-refractivity contribution in [2.45, 2.75) is 51.4 Å². The van der Waals surface area contributed by atoms with E-state index < -0.39 is 17.3 Å². The van der Waals surface area contributed by atoms with Gasteiger partial charge in [-0.2, -0.15) is 0 Å². The van der Waals surface area contributed by atoms with E-state index in [1.54, 1.807) is 26.0 Å². The molecule has 0 bridgehead atoms. The van der Waals surface area contributed by atoms with Gasteiger partial charge in [-0.25, -0.2) is 0 Å². The Morgan fingerprint density at radius 1 is 1.13 bits per heavy atom. The fourth-order valence-electron chi connectivity index (χ4n) is 4.16. The molecule has 160 valence electrons. The van der Waals surface area contributed by atoms with Gasteiger partial charge in [0.25, 0.3) is 0 Å². The molecule has 2 N–H and O–H groups in total. The SMILES string of the molecule is CC1(C)C=Cc2c(c3c(c4c(=O)c(-c5ccc(O)cc5)coc24)OC(C(C)(C)O)C3)O1. The molecule has 3 aromatic rings. The number of phenolic OH excluding ortho intramolecular Hbond substituents is 1. The lowest BCUT2D eigenvalue weighted by Crippen LogP contribution is -2.39. The van der Waals surface area contributed by atoms with Crippen LogP contribution in [0, 0.1) is 0 Å². The zero-order chi connectivity index (χ0) is 22.1. The second kappa shape index (κ2) is 6.37. The van der Waals surface area contributed by atoms with Crippen LogP contribution in [0.2, 0.25) is 0 Å². The van der Waals surface area contributed by atoms with E-state index in [2.05, 4.69) is 0 Å². The molecule has 0 saturated heterocycles. The fourth-order valence-corrected chi connectivity index (χ4v) is 4.16. The highest BCUT2D eigenvalue weighted by Crippen LogP contribution is 2.49. The van der Waals surface area contributed by atoms with Crippen LogP contribution in [0.1, 0.15) is 38.8 Å². The van der Waals surface area contributed by atoms with E-state index in [0.29, 0.717) is 45.6 Å². The summed E-state index contributed by atoms with van der Waals surface area (Å²) in [6.45, 7) is 7.28. The third-order valence-electron chi connectivity index (χ3n) is 5.89. The van der Waals surface area contributed by atoms with Gasteiger partial charge in [-0.3, -0.25) is 4.79 Å². The summed E-state index contributed by atoms with van der Waals surface area (Å²) >= 11 is 0. The topological polar surface area (TPSA) is 89.1 Å². The van der Waals surface area contributed by atoms with E-state index in [4.69, 9.17) is 13.9 Å². The molecule has 31 heavy (non-hydrogen) atoms. The van der Waals surface area contributed by atoms with E-state index in [0.717, 1.165) is 5.56 Å². The van der Waals surface area contributed by atoms with Crippen molar-refractivity contribution in [3.8, 4) is 28.4 Å². The normalized spacial score (nSPS) is 18.9. The maximum absolute atomic E-state index is 13.6. The van der Waals surface area contributed by atoms with Crippen molar-refractivity contribution < 1.29 is 24.1 Å². The molecule has 1 aromatic heterocycles. The van der Waals surface area contributed by atoms with Gasteiger partial charge in [-0.15, -0.1) is 0 Å². The summed E-state index contributed by atoms with van der Waals surface area (Å²) in [4.78, 5) is 13.6. The monoisotopic (exact) mass is 420 g/mol. The van der Waals surface area contributed by atoms with Crippen molar-refractivity contribution in [3.05, 3.63) is 58.0 Å². The summed E-state index contributed by atoms with van der Waals surface area (Å²) in [5, 5.41) is 20.5. The summed E-state index contributed by atoms with van der Waals surface area (Å²) < 4.78 is 18.4. The predicted molar refractivity (Wildman–Crippen MR) is 118 cm³/mol. The number of hydrogen-bond acceptors (Lipinski definition) is 6. The van der Waals surface area contributed by atoms with Crippen LogP contribution in [-0.2, 0) is 6.42 Å². The van der Waals surface area contributed by atoms with Gasteiger partial charge >= 0.3 is 0 Å². The molecule has 2 aliphatic rings. The molecule has 2 aliphatic heterocycles. The molecule has 1 atom stereocenters. The van der Waals surface area contributed by atoms with Gasteiger partial charge in [0.1, 0.15) is 40.6 Å². The van der Waals surface area contributed by atoms with E-state index in [1.807, 2.05) is 26.0 Å². The minimum Gasteiger partial charge on any atom is -0.508 e. The summed E-state index contributed by atoms with van der Waals surface area (Å²) in [6.07, 6.45) is 5.18. The average Bonchev–Trinajstić information content (AvgIpc) is 3.14. The van der Waals surface area contributed by atoms with Gasteiger partial charge in [0.15, 0.2) is 5.58 Å². The standard InChI is InChI=1S/C25H24O6/c1-24(2)10-9-15-21(31-24)16-11-18(25(3,4)28)30-23(16)19-20(27)17(12-29-22(15)19)13-5-7-14(26)8-6-13/h5-10,12,18,26,28H,11H2,1-4H3. The zero-order valence-electron chi connectivity index (χ0n) is 17.9. The van der Waals surface area contributed by atoms with Crippen LogP contribution in [0.15, 0.2) is 45.8 Å². The van der Waals surface area contributed by atoms with Crippen LogP contribution in [-0.4, -0.2) is 27.5 Å². The van der Waals surface area contributed by atoms with Crippen molar-refractivity contribution in [2.75, 3.05) is 0 Å². The van der Waals surface area contributed by atoms with Crippen LogP contribution >= 0.6 is 0 Å². The molecule has 2 aromatic carbocycles. The quantitative estimate of drug-likeness (QED) is 0.638. The maximum Gasteiger partial charge on any atom is 0.204 e. The van der Waals surface area contributed by atoms with Crippen LogP contribution in [0.5, 0.6) is 17.2 Å². The summed E-state index contributed by atoms with van der Waals surface area (Å²) in [6, 6.07) is 6.38. The van der Waals surface area contributed by atoms with E-state index in [9.17, 15) is 15.0 Å². The number of aromatic hydroxyl groups is 1. The van der Waals surface area contributed by atoms with E-state index >= 15 is 0 Å². The van der Waals surface area contributed by atoms with E-state index in [1.165, 1.54) is 18.4 Å². The molecule has 6 heteroatoms. The number of benzene rings is 2. The first kappa shape index (κ1) is 19.7. The molecule has 0 radical (unpaired) electrons. The highest BCUT2D eigenvalue weighted by molar-refractivity contribution is 5.97. The van der Waals surface area contributed by atoms with Crippen LogP contribution < -0.4 is 14.9 Å². The lowest BCUT2D eigenvalue weighted by Gasteiger charge is -2.29. The zero-order valence-corrected chi connectivity index (χ0v) is 17.9. The van der Waals surface area contributed by atoms with Crippen molar-refractivity contribution in [2.24, 2.45) is 0 Å². The lowest BCUT2D eigenvalue weighted by atomic mass is 9.92. The Labute approximate surface area is 179 Å². The molecule has 0 aliphatic carbocycles. The third-order valence-corrected chi connectivity index (χ3v) is 5.89. The number of aliphatic hydroxyl groups is 1. The molecule has 3 heterocycles. The highest BCUT2D eigenvalue weighted by Gasteiger charge is 2.41. The molecule has 1 unspecified atom stereocenters. The number of fused-ring (bicyclic) bond motifs is 6. The van der Waals surface area contributed by atoms with E-state index in [-0.39, 0.29) is 11.2 Å².